The minimum absolute atomic E-state index is 0.00529. The molecule has 0 saturated heterocycles. The van der Waals surface area contributed by atoms with Crippen LogP contribution in [0.15, 0.2) is 146 Å². The first-order chi connectivity index (χ1) is 21.7. The number of hydrogen-bond acceptors (Lipinski definition) is 4. The van der Waals surface area contributed by atoms with Gasteiger partial charge in [-0.15, -0.1) is 22.7 Å². The number of rotatable bonds is 6. The lowest BCUT2D eigenvalue weighted by Crippen LogP contribution is -1.97. The molecule has 208 valence electrons. The van der Waals surface area contributed by atoms with Gasteiger partial charge >= 0.3 is 0 Å². The zero-order chi connectivity index (χ0) is 29.6. The van der Waals surface area contributed by atoms with E-state index >= 15 is 0 Å². The molecule has 2 heterocycles. The number of thiophene rings is 2. The molecule has 2 aromatic heterocycles. The van der Waals surface area contributed by atoms with Gasteiger partial charge in [0.05, 0.1) is 19.2 Å². The van der Waals surface area contributed by atoms with Crippen molar-refractivity contribution in [1.82, 2.24) is 0 Å². The second kappa shape index (κ2) is 10.8. The Bertz CT molecular complexity index is 2170. The van der Waals surface area contributed by atoms with Crippen molar-refractivity contribution in [3.05, 3.63) is 166 Å². The van der Waals surface area contributed by atoms with Crippen molar-refractivity contribution in [3.63, 3.8) is 0 Å². The third kappa shape index (κ3) is 4.39. The summed E-state index contributed by atoms with van der Waals surface area (Å²) in [5.41, 5.74) is 5.75. The third-order valence-electron chi connectivity index (χ3n) is 8.10. The summed E-state index contributed by atoms with van der Waals surface area (Å²) < 4.78 is 2.07. The van der Waals surface area contributed by atoms with E-state index in [9.17, 15) is 9.59 Å². The molecule has 0 atom stereocenters. The molecule has 2 nitrogen and oxygen atoms in total. The molecule has 0 fully saturated rings. The standard InChI is InChI=1S/C40H24O2S2/c41-37(27-17-9-3-10-18-27)33-23-31-35-29(25-13-5-1-6-14-25)21-22-30(26-15-7-2-8-16-26)36(35)32-24-34(44-40(32)39(31)43-33)38(42)28-19-11-4-12-20-28/h1-24H. The van der Waals surface area contributed by atoms with Crippen LogP contribution in [-0.4, -0.2) is 11.6 Å². The Labute approximate surface area is 262 Å². The Hall–Kier alpha value is -5.16. The van der Waals surface area contributed by atoms with Crippen molar-refractivity contribution in [1.29, 1.82) is 0 Å². The predicted octanol–water partition coefficient (Wildman–Crippen LogP) is 11.1. The quantitative estimate of drug-likeness (QED) is 0.178. The van der Waals surface area contributed by atoms with Gasteiger partial charge in [0.15, 0.2) is 0 Å². The van der Waals surface area contributed by atoms with E-state index in [4.69, 9.17) is 0 Å². The van der Waals surface area contributed by atoms with Gasteiger partial charge in [-0.1, -0.05) is 133 Å². The van der Waals surface area contributed by atoms with E-state index in [2.05, 4.69) is 72.8 Å². The van der Waals surface area contributed by atoms with Crippen LogP contribution < -0.4 is 0 Å². The Morgan fingerprint density at radius 3 is 1.11 bits per heavy atom. The van der Waals surface area contributed by atoms with Crippen LogP contribution >= 0.6 is 22.7 Å². The minimum atomic E-state index is 0.00529. The third-order valence-corrected chi connectivity index (χ3v) is 10.5. The highest BCUT2D eigenvalue weighted by Gasteiger charge is 2.24. The molecule has 8 rings (SSSR count). The van der Waals surface area contributed by atoms with Crippen molar-refractivity contribution >= 4 is 65.2 Å². The van der Waals surface area contributed by atoms with Gasteiger partial charge < -0.3 is 0 Å². The monoisotopic (exact) mass is 600 g/mol. The molecule has 6 aromatic carbocycles. The number of hydrogen-bond donors (Lipinski definition) is 0. The molecule has 0 aliphatic carbocycles. The highest BCUT2D eigenvalue weighted by atomic mass is 32.1. The van der Waals surface area contributed by atoms with E-state index in [0.717, 1.165) is 53.2 Å². The minimum Gasteiger partial charge on any atom is -0.288 e. The molecule has 0 N–H and O–H groups in total. The highest BCUT2D eigenvalue weighted by Crippen LogP contribution is 2.49. The summed E-state index contributed by atoms with van der Waals surface area (Å²) in [6.45, 7) is 0. The number of fused-ring (bicyclic) bond motifs is 6. The summed E-state index contributed by atoms with van der Waals surface area (Å²) in [6, 6.07) is 48.2. The topological polar surface area (TPSA) is 34.1 Å². The Kier molecular flexibility index (Phi) is 6.52. The van der Waals surface area contributed by atoms with Gasteiger partial charge in [-0.3, -0.25) is 9.59 Å². The Morgan fingerprint density at radius 2 is 0.750 bits per heavy atom. The summed E-state index contributed by atoms with van der Waals surface area (Å²) >= 11 is 3.04. The molecule has 0 spiro atoms. The summed E-state index contributed by atoms with van der Waals surface area (Å²) in [5, 5.41) is 4.27. The zero-order valence-corrected chi connectivity index (χ0v) is 25.1. The van der Waals surface area contributed by atoms with Crippen LogP contribution in [0.4, 0.5) is 0 Å². The number of benzene rings is 6. The lowest BCUT2D eigenvalue weighted by molar-refractivity contribution is 0.103. The average Bonchev–Trinajstić information content (AvgIpc) is 3.75. The molecule has 0 bridgehead atoms. The number of ketones is 2. The second-order valence-electron chi connectivity index (χ2n) is 10.7. The summed E-state index contributed by atoms with van der Waals surface area (Å²) in [6.07, 6.45) is 0. The smallest absolute Gasteiger partial charge is 0.202 e. The average molecular weight is 601 g/mol. The van der Waals surface area contributed by atoms with Crippen LogP contribution in [0.5, 0.6) is 0 Å². The maximum absolute atomic E-state index is 13.8. The van der Waals surface area contributed by atoms with Crippen LogP contribution in [0, 0.1) is 0 Å². The fourth-order valence-corrected chi connectivity index (χ4v) is 8.47. The van der Waals surface area contributed by atoms with Gasteiger partial charge in [0.1, 0.15) is 0 Å². The fourth-order valence-electron chi connectivity index (χ4n) is 6.06. The molecule has 0 unspecified atom stereocenters. The highest BCUT2D eigenvalue weighted by molar-refractivity contribution is 7.29. The van der Waals surface area contributed by atoms with Crippen molar-refractivity contribution < 1.29 is 9.59 Å². The van der Waals surface area contributed by atoms with E-state index < -0.39 is 0 Å². The van der Waals surface area contributed by atoms with Crippen molar-refractivity contribution in [2.75, 3.05) is 0 Å². The van der Waals surface area contributed by atoms with Crippen molar-refractivity contribution in [3.8, 4) is 22.3 Å². The van der Waals surface area contributed by atoms with Crippen LogP contribution in [0.25, 0.3) is 53.2 Å². The van der Waals surface area contributed by atoms with Crippen LogP contribution in [0.1, 0.15) is 30.5 Å². The lowest BCUT2D eigenvalue weighted by atomic mass is 9.88. The second-order valence-corrected chi connectivity index (χ2v) is 12.8. The number of carbonyl (C=O) groups excluding carboxylic acids is 2. The Morgan fingerprint density at radius 1 is 0.409 bits per heavy atom. The van der Waals surface area contributed by atoms with Crippen molar-refractivity contribution in [2.24, 2.45) is 0 Å². The molecule has 0 aliphatic rings. The molecule has 0 radical (unpaired) electrons. The summed E-state index contributed by atoms with van der Waals surface area (Å²) in [7, 11) is 0. The lowest BCUT2D eigenvalue weighted by Gasteiger charge is -2.15. The molecule has 0 aliphatic heterocycles. The molecule has 4 heteroatoms. The first-order valence-corrected chi connectivity index (χ1v) is 16.1. The molecule has 44 heavy (non-hydrogen) atoms. The fraction of sp³-hybridized carbons (Fsp3) is 0. The molecule has 0 saturated carbocycles. The summed E-state index contributed by atoms with van der Waals surface area (Å²) in [4.78, 5) is 29.0. The van der Waals surface area contributed by atoms with Gasteiger partial charge in [0.2, 0.25) is 11.6 Å². The molecular formula is C40H24O2S2. The van der Waals surface area contributed by atoms with Gasteiger partial charge in [0, 0.05) is 21.9 Å². The predicted molar refractivity (Wildman–Crippen MR) is 185 cm³/mol. The SMILES string of the molecule is O=C(c1ccccc1)c1cc2c(s1)c1sc(C(=O)c3ccccc3)cc1c1c(-c3ccccc3)ccc(-c3ccccc3)c21. The normalized spacial score (nSPS) is 11.4. The van der Waals surface area contributed by atoms with E-state index in [1.54, 1.807) is 0 Å². The zero-order valence-electron chi connectivity index (χ0n) is 23.5. The van der Waals surface area contributed by atoms with Crippen molar-refractivity contribution in [2.45, 2.75) is 0 Å². The van der Waals surface area contributed by atoms with Crippen LogP contribution in [0.3, 0.4) is 0 Å². The van der Waals surface area contributed by atoms with E-state index in [-0.39, 0.29) is 11.6 Å². The molecule has 0 amide bonds. The van der Waals surface area contributed by atoms with E-state index in [0.29, 0.717) is 20.9 Å². The number of carbonyl (C=O) groups is 2. The largest absolute Gasteiger partial charge is 0.288 e. The maximum atomic E-state index is 13.8. The van der Waals surface area contributed by atoms with Gasteiger partial charge in [-0.05, 0) is 45.2 Å². The maximum Gasteiger partial charge on any atom is 0.202 e. The Balaban J connectivity index is 1.52. The van der Waals surface area contributed by atoms with E-state index in [1.807, 2.05) is 72.8 Å². The van der Waals surface area contributed by atoms with Crippen LogP contribution in [0.2, 0.25) is 0 Å². The van der Waals surface area contributed by atoms with Gasteiger partial charge in [-0.25, -0.2) is 0 Å². The molecular weight excluding hydrogens is 577 g/mol. The first kappa shape index (κ1) is 26.5. The van der Waals surface area contributed by atoms with Gasteiger partial charge in [-0.2, -0.15) is 0 Å². The molecule has 8 aromatic rings. The van der Waals surface area contributed by atoms with Gasteiger partial charge in [0.25, 0.3) is 0 Å². The summed E-state index contributed by atoms with van der Waals surface area (Å²) in [5.74, 6) is 0.0106. The first-order valence-electron chi connectivity index (χ1n) is 14.4. The van der Waals surface area contributed by atoms with Crippen LogP contribution in [-0.2, 0) is 0 Å². The van der Waals surface area contributed by atoms with E-state index in [1.165, 1.54) is 22.7 Å².